The van der Waals surface area contributed by atoms with E-state index in [-0.39, 0.29) is 52.1 Å². The minimum atomic E-state index is -0.621. The molecule has 0 saturated carbocycles. The number of anilines is 1. The SMILES string of the molecule is CCOC(=O)CC(=O)CSc1[nH+]c(N)c(C#N)c(-c2ccc(F)cc2)c1C#N. The second-order valence-corrected chi connectivity index (χ2v) is 6.52. The van der Waals surface area contributed by atoms with Gasteiger partial charge in [0.25, 0.3) is 5.82 Å². The van der Waals surface area contributed by atoms with Gasteiger partial charge >= 0.3 is 5.97 Å². The number of esters is 1. The summed E-state index contributed by atoms with van der Waals surface area (Å²) in [5.41, 5.74) is 6.76. The van der Waals surface area contributed by atoms with Crippen LogP contribution in [0.2, 0.25) is 0 Å². The number of hydrogen-bond donors (Lipinski definition) is 1. The number of benzene rings is 1. The van der Waals surface area contributed by atoms with Crippen LogP contribution >= 0.6 is 11.8 Å². The summed E-state index contributed by atoms with van der Waals surface area (Å²) in [4.78, 5) is 26.1. The van der Waals surface area contributed by atoms with Gasteiger partial charge in [-0.1, -0.05) is 23.9 Å². The topological polar surface area (TPSA) is 131 Å². The third kappa shape index (κ3) is 4.84. The van der Waals surface area contributed by atoms with E-state index in [1.807, 2.05) is 12.1 Å². The van der Waals surface area contributed by atoms with E-state index in [4.69, 9.17) is 10.5 Å². The van der Waals surface area contributed by atoms with Crippen LogP contribution in [0.5, 0.6) is 0 Å². The van der Waals surface area contributed by atoms with Gasteiger partial charge in [-0.2, -0.15) is 10.5 Å². The third-order valence-corrected chi connectivity index (χ3v) is 4.69. The van der Waals surface area contributed by atoms with E-state index in [0.717, 1.165) is 11.8 Å². The number of hydrogen-bond acceptors (Lipinski definition) is 7. The number of carbonyl (C=O) groups is 2. The van der Waals surface area contributed by atoms with E-state index in [2.05, 4.69) is 4.98 Å². The monoisotopic (exact) mass is 399 g/mol. The highest BCUT2D eigenvalue weighted by atomic mass is 32.2. The lowest BCUT2D eigenvalue weighted by molar-refractivity contribution is -0.410. The van der Waals surface area contributed by atoms with Crippen molar-refractivity contribution < 1.29 is 23.7 Å². The predicted molar refractivity (Wildman–Crippen MR) is 99.2 cm³/mol. The average molecular weight is 399 g/mol. The zero-order valence-electron chi connectivity index (χ0n) is 14.9. The number of H-pyrrole nitrogens is 1. The summed E-state index contributed by atoms with van der Waals surface area (Å²) < 4.78 is 18.0. The molecule has 9 heteroatoms. The first kappa shape index (κ1) is 20.9. The first-order valence-corrected chi connectivity index (χ1v) is 9.14. The summed E-state index contributed by atoms with van der Waals surface area (Å²) >= 11 is 0.986. The van der Waals surface area contributed by atoms with Crippen molar-refractivity contribution in [2.75, 3.05) is 18.1 Å². The van der Waals surface area contributed by atoms with Crippen LogP contribution in [0.3, 0.4) is 0 Å². The van der Waals surface area contributed by atoms with Gasteiger partial charge in [0.15, 0.2) is 10.8 Å². The molecule has 0 unspecified atom stereocenters. The molecule has 0 saturated heterocycles. The highest BCUT2D eigenvalue weighted by Crippen LogP contribution is 2.33. The van der Waals surface area contributed by atoms with Crippen molar-refractivity contribution in [3.63, 3.8) is 0 Å². The molecule has 1 heterocycles. The molecule has 7 nitrogen and oxygen atoms in total. The van der Waals surface area contributed by atoms with Crippen LogP contribution < -0.4 is 10.7 Å². The molecule has 1 aromatic carbocycles. The molecule has 0 bridgehead atoms. The van der Waals surface area contributed by atoms with Crippen molar-refractivity contribution in [3.8, 4) is 23.3 Å². The summed E-state index contributed by atoms with van der Waals surface area (Å²) in [7, 11) is 0. The normalized spacial score (nSPS) is 10.0. The predicted octanol–water partition coefficient (Wildman–Crippen LogP) is 2.25. The number of rotatable bonds is 7. The number of nitriles is 2. The van der Waals surface area contributed by atoms with E-state index in [1.165, 1.54) is 24.3 Å². The van der Waals surface area contributed by atoms with Gasteiger partial charge in [0.2, 0.25) is 0 Å². The zero-order valence-corrected chi connectivity index (χ0v) is 15.7. The molecule has 0 radical (unpaired) electrons. The Morgan fingerprint density at radius 1 is 1.21 bits per heavy atom. The first-order chi connectivity index (χ1) is 13.4. The van der Waals surface area contributed by atoms with Crippen LogP contribution in [-0.2, 0) is 14.3 Å². The zero-order chi connectivity index (χ0) is 20.7. The van der Waals surface area contributed by atoms with E-state index in [0.29, 0.717) is 5.56 Å². The van der Waals surface area contributed by atoms with Crippen LogP contribution in [0.15, 0.2) is 29.3 Å². The summed E-state index contributed by atoms with van der Waals surface area (Å²) in [6.45, 7) is 1.82. The number of pyridine rings is 1. The van der Waals surface area contributed by atoms with Gasteiger partial charge in [-0.05, 0) is 24.6 Å². The minimum absolute atomic E-state index is 0.0150. The number of thioether (sulfide) groups is 1. The average Bonchev–Trinajstić information content (AvgIpc) is 2.66. The molecule has 0 spiro atoms. The molecular weight excluding hydrogens is 383 g/mol. The molecule has 1 aromatic heterocycles. The number of nitrogens with one attached hydrogen (secondary N) is 1. The Kier molecular flexibility index (Phi) is 7.08. The molecule has 0 aliphatic rings. The lowest BCUT2D eigenvalue weighted by Gasteiger charge is -2.10. The molecule has 2 aromatic rings. The van der Waals surface area contributed by atoms with Crippen LogP contribution in [0.4, 0.5) is 10.2 Å². The second-order valence-electron chi connectivity index (χ2n) is 5.53. The van der Waals surface area contributed by atoms with Crippen LogP contribution in [0.1, 0.15) is 24.5 Å². The molecular formula is C19H16FN4O3S+. The maximum Gasteiger partial charge on any atom is 0.313 e. The van der Waals surface area contributed by atoms with Gasteiger partial charge in [0, 0.05) is 5.56 Å². The fourth-order valence-electron chi connectivity index (χ4n) is 2.43. The van der Waals surface area contributed by atoms with Crippen molar-refractivity contribution in [1.29, 1.82) is 10.5 Å². The molecule has 0 aliphatic carbocycles. The van der Waals surface area contributed by atoms with Crippen LogP contribution in [-0.4, -0.2) is 24.1 Å². The first-order valence-electron chi connectivity index (χ1n) is 8.16. The lowest BCUT2D eigenvalue weighted by Crippen LogP contribution is -2.20. The number of carbonyl (C=O) groups excluding carboxylic acids is 2. The molecule has 142 valence electrons. The number of aromatic amines is 1. The van der Waals surface area contributed by atoms with Crippen molar-refractivity contribution in [1.82, 2.24) is 0 Å². The van der Waals surface area contributed by atoms with Crippen LogP contribution in [0.25, 0.3) is 11.1 Å². The summed E-state index contributed by atoms with van der Waals surface area (Å²) in [5.74, 6) is -1.55. The largest absolute Gasteiger partial charge is 0.466 e. The Hall–Kier alpha value is -3.43. The number of ketones is 1. The molecule has 3 N–H and O–H groups in total. The Morgan fingerprint density at radius 2 is 1.86 bits per heavy atom. The smallest absolute Gasteiger partial charge is 0.313 e. The van der Waals surface area contributed by atoms with Crippen molar-refractivity contribution >= 4 is 29.3 Å². The quantitative estimate of drug-likeness (QED) is 0.429. The van der Waals surface area contributed by atoms with E-state index in [9.17, 15) is 24.5 Å². The fraction of sp³-hybridized carbons (Fsp3) is 0.211. The molecule has 2 rings (SSSR count). The highest BCUT2D eigenvalue weighted by Gasteiger charge is 2.24. The highest BCUT2D eigenvalue weighted by molar-refractivity contribution is 7.99. The minimum Gasteiger partial charge on any atom is -0.466 e. The Labute approximate surface area is 164 Å². The Morgan fingerprint density at radius 3 is 2.43 bits per heavy atom. The van der Waals surface area contributed by atoms with Gasteiger partial charge in [0.1, 0.15) is 35.5 Å². The fourth-order valence-corrected chi connectivity index (χ4v) is 3.32. The summed E-state index contributed by atoms with van der Waals surface area (Å²) in [6.07, 6.45) is -0.376. The Bertz CT molecular complexity index is 994. The molecule has 0 aliphatic heterocycles. The maximum atomic E-state index is 13.3. The number of nitrogens with two attached hydrogens (primary N) is 1. The van der Waals surface area contributed by atoms with Crippen molar-refractivity contribution in [3.05, 3.63) is 41.2 Å². The third-order valence-electron chi connectivity index (χ3n) is 3.63. The van der Waals surface area contributed by atoms with Gasteiger partial charge in [0.05, 0.1) is 12.4 Å². The molecule has 28 heavy (non-hydrogen) atoms. The van der Waals surface area contributed by atoms with Crippen molar-refractivity contribution in [2.24, 2.45) is 0 Å². The standard InChI is InChI=1S/C19H15FN4O3S/c1-2-27-16(26)7-13(25)10-28-19-15(9-22)17(14(8-21)18(23)24-19)11-3-5-12(20)6-4-11/h3-6H,2,7,10H2,1H3,(H2,23,24)/p+1. The van der Waals surface area contributed by atoms with Gasteiger partial charge in [-0.25, -0.2) is 9.37 Å². The molecule has 0 fully saturated rings. The number of aromatic nitrogens is 1. The molecule has 0 amide bonds. The van der Waals surface area contributed by atoms with E-state index in [1.54, 1.807) is 6.92 Å². The maximum absolute atomic E-state index is 13.3. The number of nitrogen functional groups attached to an aromatic ring is 1. The number of ether oxygens (including phenoxy) is 1. The Balaban J connectivity index is 2.40. The molecule has 0 atom stereocenters. The van der Waals surface area contributed by atoms with Gasteiger partial charge in [-0.15, -0.1) is 0 Å². The van der Waals surface area contributed by atoms with Crippen molar-refractivity contribution in [2.45, 2.75) is 18.4 Å². The second kappa shape index (κ2) is 9.49. The summed E-state index contributed by atoms with van der Waals surface area (Å²) in [6, 6.07) is 9.24. The lowest BCUT2D eigenvalue weighted by atomic mass is 9.97. The summed E-state index contributed by atoms with van der Waals surface area (Å²) in [5, 5.41) is 19.4. The van der Waals surface area contributed by atoms with Crippen LogP contribution in [0, 0.1) is 28.5 Å². The van der Waals surface area contributed by atoms with E-state index >= 15 is 0 Å². The van der Waals surface area contributed by atoms with Gasteiger partial charge in [-0.3, -0.25) is 15.3 Å². The number of Topliss-reactive ketones (excluding diaryl/α,β-unsaturated/α-hetero) is 1. The van der Waals surface area contributed by atoms with Gasteiger partial charge < -0.3 is 4.74 Å². The number of halogens is 1. The van der Waals surface area contributed by atoms with E-state index < -0.39 is 11.8 Å². The number of nitrogens with zero attached hydrogens (tertiary/aromatic N) is 2.